The summed E-state index contributed by atoms with van der Waals surface area (Å²) in [7, 11) is 1.34. The number of nitrogens with zero attached hydrogens (tertiary/aromatic N) is 2. The summed E-state index contributed by atoms with van der Waals surface area (Å²) in [4.78, 5) is 20.7. The van der Waals surface area contributed by atoms with E-state index >= 15 is 0 Å². The van der Waals surface area contributed by atoms with Crippen molar-refractivity contribution in [3.8, 4) is 0 Å². The van der Waals surface area contributed by atoms with Crippen molar-refractivity contribution >= 4 is 23.1 Å². The van der Waals surface area contributed by atoms with Crippen molar-refractivity contribution in [3.63, 3.8) is 0 Å². The fourth-order valence-corrected chi connectivity index (χ4v) is 3.49. The number of benzene rings is 1. The van der Waals surface area contributed by atoms with Crippen molar-refractivity contribution < 1.29 is 19.7 Å². The fraction of sp³-hybridized carbons (Fsp3) is 0.560. The molecule has 0 bridgehead atoms. The fourth-order valence-electron chi connectivity index (χ4n) is 3.49. The molecule has 1 aromatic heterocycles. The van der Waals surface area contributed by atoms with Crippen LogP contribution in [0.4, 0.5) is 0 Å². The molecule has 0 fully saturated rings. The second-order valence-electron chi connectivity index (χ2n) is 7.95. The van der Waals surface area contributed by atoms with Gasteiger partial charge in [-0.3, -0.25) is 4.79 Å². The number of para-hydroxylation sites is 2. The van der Waals surface area contributed by atoms with E-state index in [1.807, 2.05) is 24.3 Å². The number of aromatic nitrogens is 2. The monoisotopic (exact) mass is 428 g/mol. The number of hydrogen-bond donors (Lipinski definition) is 2. The summed E-state index contributed by atoms with van der Waals surface area (Å²) < 4.78 is 4.59. The van der Waals surface area contributed by atoms with Crippen molar-refractivity contribution in [1.29, 1.82) is 0 Å². The van der Waals surface area contributed by atoms with E-state index in [2.05, 4.69) is 11.7 Å². The Morgan fingerprint density at radius 2 is 1.71 bits per heavy atom. The zero-order valence-corrected chi connectivity index (χ0v) is 18.8. The van der Waals surface area contributed by atoms with Crippen LogP contribution in [0.5, 0.6) is 0 Å². The molecule has 2 rings (SSSR count). The second kappa shape index (κ2) is 13.9. The molecule has 0 unspecified atom stereocenters. The Bertz CT molecular complexity index is 837. The first kappa shape index (κ1) is 25.0. The van der Waals surface area contributed by atoms with Crippen LogP contribution in [0.25, 0.3) is 17.1 Å². The first-order chi connectivity index (χ1) is 15.0. The molecule has 1 heterocycles. The highest BCUT2D eigenvalue weighted by Crippen LogP contribution is 2.18. The van der Waals surface area contributed by atoms with Gasteiger partial charge in [0.2, 0.25) is 0 Å². The minimum Gasteiger partial charge on any atom is -0.469 e. The SMILES string of the molecule is CCCCCCCCc1nc2ccccc2nc1/C=C/[C@@H](O)[C@@H](O)CCCC(=O)OC. The van der Waals surface area contributed by atoms with Crippen LogP contribution in [-0.2, 0) is 16.0 Å². The van der Waals surface area contributed by atoms with Gasteiger partial charge in [0.15, 0.2) is 0 Å². The lowest BCUT2D eigenvalue weighted by Crippen LogP contribution is -2.23. The third kappa shape index (κ3) is 8.75. The highest BCUT2D eigenvalue weighted by Gasteiger charge is 2.15. The first-order valence-corrected chi connectivity index (χ1v) is 11.4. The number of carbonyl (C=O) groups excluding carboxylic acids is 1. The van der Waals surface area contributed by atoms with Gasteiger partial charge in [-0.1, -0.05) is 57.2 Å². The normalized spacial score (nSPS) is 13.5. The van der Waals surface area contributed by atoms with Crippen LogP contribution in [0.2, 0.25) is 0 Å². The van der Waals surface area contributed by atoms with Gasteiger partial charge in [0.1, 0.15) is 0 Å². The van der Waals surface area contributed by atoms with E-state index < -0.39 is 12.2 Å². The molecule has 0 spiro atoms. The molecule has 31 heavy (non-hydrogen) atoms. The smallest absolute Gasteiger partial charge is 0.305 e. The summed E-state index contributed by atoms with van der Waals surface area (Å²) in [6.07, 6.45) is 10.4. The zero-order chi connectivity index (χ0) is 22.5. The zero-order valence-electron chi connectivity index (χ0n) is 18.8. The van der Waals surface area contributed by atoms with Gasteiger partial charge in [0.05, 0.1) is 41.7 Å². The number of rotatable bonds is 14. The summed E-state index contributed by atoms with van der Waals surface area (Å²) >= 11 is 0. The Morgan fingerprint density at radius 1 is 1.03 bits per heavy atom. The second-order valence-corrected chi connectivity index (χ2v) is 7.95. The summed E-state index contributed by atoms with van der Waals surface area (Å²) in [5.74, 6) is -0.317. The number of aryl methyl sites for hydroxylation is 1. The summed E-state index contributed by atoms with van der Waals surface area (Å²) in [5.41, 5.74) is 3.32. The van der Waals surface area contributed by atoms with E-state index in [9.17, 15) is 15.0 Å². The van der Waals surface area contributed by atoms with E-state index in [-0.39, 0.29) is 12.4 Å². The van der Waals surface area contributed by atoms with Gasteiger partial charge >= 0.3 is 5.97 Å². The molecule has 1 aromatic carbocycles. The minimum absolute atomic E-state index is 0.225. The summed E-state index contributed by atoms with van der Waals surface area (Å²) in [6.45, 7) is 2.22. The number of aliphatic hydroxyl groups excluding tert-OH is 2. The van der Waals surface area contributed by atoms with Gasteiger partial charge < -0.3 is 14.9 Å². The van der Waals surface area contributed by atoms with E-state index in [0.29, 0.717) is 12.8 Å². The molecule has 0 aliphatic carbocycles. The quantitative estimate of drug-likeness (QED) is 0.337. The summed E-state index contributed by atoms with van der Waals surface area (Å²) in [5, 5.41) is 20.5. The number of unbranched alkanes of at least 4 members (excludes halogenated alkanes) is 5. The van der Waals surface area contributed by atoms with E-state index in [1.165, 1.54) is 39.2 Å². The van der Waals surface area contributed by atoms with E-state index in [1.54, 1.807) is 12.2 Å². The lowest BCUT2D eigenvalue weighted by Gasteiger charge is -2.14. The molecule has 6 nitrogen and oxygen atoms in total. The topological polar surface area (TPSA) is 92.5 Å². The van der Waals surface area contributed by atoms with Crippen LogP contribution >= 0.6 is 0 Å². The number of fused-ring (bicyclic) bond motifs is 1. The number of hydrogen-bond acceptors (Lipinski definition) is 6. The molecule has 0 saturated heterocycles. The predicted molar refractivity (Wildman–Crippen MR) is 124 cm³/mol. The van der Waals surface area contributed by atoms with Crippen LogP contribution in [0, 0.1) is 0 Å². The highest BCUT2D eigenvalue weighted by molar-refractivity contribution is 5.75. The van der Waals surface area contributed by atoms with Crippen molar-refractivity contribution in [2.24, 2.45) is 0 Å². The summed E-state index contributed by atoms with van der Waals surface area (Å²) in [6, 6.07) is 7.76. The average Bonchev–Trinajstić information content (AvgIpc) is 2.79. The Morgan fingerprint density at radius 3 is 2.42 bits per heavy atom. The minimum atomic E-state index is -1.03. The van der Waals surface area contributed by atoms with Gasteiger partial charge in [-0.25, -0.2) is 9.97 Å². The van der Waals surface area contributed by atoms with E-state index in [4.69, 9.17) is 9.97 Å². The Balaban J connectivity index is 2.02. The highest BCUT2D eigenvalue weighted by atomic mass is 16.5. The average molecular weight is 429 g/mol. The Kier molecular flexibility index (Phi) is 11.2. The number of ether oxygens (including phenoxy) is 1. The molecule has 2 N–H and O–H groups in total. The third-order valence-electron chi connectivity index (χ3n) is 5.39. The molecule has 0 aliphatic heterocycles. The molecular weight excluding hydrogens is 392 g/mol. The van der Waals surface area contributed by atoms with Crippen molar-refractivity contribution in [2.75, 3.05) is 7.11 Å². The maximum atomic E-state index is 11.2. The maximum Gasteiger partial charge on any atom is 0.305 e. The molecule has 2 aromatic rings. The van der Waals surface area contributed by atoms with Gasteiger partial charge in [-0.05, 0) is 43.9 Å². The number of aliphatic hydroxyl groups is 2. The molecule has 6 heteroatoms. The van der Waals surface area contributed by atoms with Crippen molar-refractivity contribution in [2.45, 2.75) is 83.3 Å². The molecule has 2 atom stereocenters. The molecule has 0 radical (unpaired) electrons. The number of methoxy groups -OCH3 is 1. The number of esters is 1. The van der Waals surface area contributed by atoms with Crippen molar-refractivity contribution in [1.82, 2.24) is 9.97 Å². The number of carbonyl (C=O) groups is 1. The first-order valence-electron chi connectivity index (χ1n) is 11.4. The lowest BCUT2D eigenvalue weighted by atomic mass is 10.0. The maximum absolute atomic E-state index is 11.2. The Hall–Kier alpha value is -2.31. The molecule has 0 saturated carbocycles. The van der Waals surface area contributed by atoms with Crippen LogP contribution in [-0.4, -0.2) is 45.5 Å². The third-order valence-corrected chi connectivity index (χ3v) is 5.39. The molecular formula is C25H36N2O4. The van der Waals surface area contributed by atoms with E-state index in [0.717, 1.165) is 35.3 Å². The van der Waals surface area contributed by atoms with Crippen LogP contribution in [0.3, 0.4) is 0 Å². The van der Waals surface area contributed by atoms with Crippen LogP contribution in [0.1, 0.15) is 76.1 Å². The van der Waals surface area contributed by atoms with Gasteiger partial charge in [-0.15, -0.1) is 0 Å². The van der Waals surface area contributed by atoms with Gasteiger partial charge in [0, 0.05) is 6.42 Å². The molecule has 170 valence electrons. The lowest BCUT2D eigenvalue weighted by molar-refractivity contribution is -0.140. The predicted octanol–water partition coefficient (Wildman–Crippen LogP) is 4.61. The standard InChI is InChI=1S/C25H36N2O4/c1-3-4-5-6-7-8-12-21-22(27-20-14-10-9-13-19(20)26-21)17-18-24(29)23(28)15-11-16-25(30)31-2/h9-10,13-14,17-18,23-24,28-29H,3-8,11-12,15-16H2,1-2H3/b18-17+/t23-,24+/m0/s1. The molecule has 0 amide bonds. The largest absolute Gasteiger partial charge is 0.469 e. The van der Waals surface area contributed by atoms with Gasteiger partial charge in [0.25, 0.3) is 0 Å². The van der Waals surface area contributed by atoms with Crippen LogP contribution in [0.15, 0.2) is 30.3 Å². The van der Waals surface area contributed by atoms with Gasteiger partial charge in [-0.2, -0.15) is 0 Å². The Labute approximate surface area is 185 Å². The van der Waals surface area contributed by atoms with Crippen LogP contribution < -0.4 is 0 Å². The van der Waals surface area contributed by atoms with Crippen molar-refractivity contribution in [3.05, 3.63) is 41.7 Å². The molecule has 0 aliphatic rings.